The Morgan fingerprint density at radius 3 is 2.27 bits per heavy atom. The molecule has 6 nitrogen and oxygen atoms in total. The third-order valence-corrected chi connectivity index (χ3v) is 8.12. The quantitative estimate of drug-likeness (QED) is 0.362. The lowest BCUT2D eigenvalue weighted by Gasteiger charge is -2.51. The molecule has 3 saturated heterocycles. The van der Waals surface area contributed by atoms with Gasteiger partial charge in [-0.25, -0.2) is 4.39 Å². The molecule has 2 bridgehead atoms. The van der Waals surface area contributed by atoms with Crippen LogP contribution in [0.1, 0.15) is 41.2 Å². The van der Waals surface area contributed by atoms with Gasteiger partial charge in [0, 0.05) is 24.8 Å². The lowest BCUT2D eigenvalue weighted by Crippen LogP contribution is -2.64. The van der Waals surface area contributed by atoms with Gasteiger partial charge in [0.25, 0.3) is 5.89 Å². The van der Waals surface area contributed by atoms with Crippen molar-refractivity contribution in [1.82, 2.24) is 10.1 Å². The smallest absolute Gasteiger partial charge is 0.282 e. The lowest BCUT2D eigenvalue weighted by molar-refractivity contribution is -0.959. The zero-order valence-electron chi connectivity index (χ0n) is 20.9. The standard InChI is InChI=1S/C30H31FN3O3/c1-21-12-13-25(18-26(21)31)36-27-19-34(16-14-22(27)15-17-34)20-28-32-29(33-37-28)30(35,23-8-4-2-5-9-23)24-10-6-3-7-11-24/h2-13,18,22,27,35H,14-17,19-20H2,1H3/q+1/t22?,27-,34?/m0/s1. The minimum absolute atomic E-state index is 0.0116. The number of nitrogens with zero attached hydrogens (tertiary/aromatic N) is 3. The first kappa shape index (κ1) is 23.8. The predicted octanol–water partition coefficient (Wildman–Crippen LogP) is 4.99. The van der Waals surface area contributed by atoms with Crippen LogP contribution < -0.4 is 4.74 Å². The molecule has 7 heteroatoms. The van der Waals surface area contributed by atoms with E-state index in [0.29, 0.717) is 40.8 Å². The second-order valence-electron chi connectivity index (χ2n) is 10.5. The Labute approximate surface area is 215 Å². The molecule has 190 valence electrons. The predicted molar refractivity (Wildman–Crippen MR) is 136 cm³/mol. The highest BCUT2D eigenvalue weighted by Crippen LogP contribution is 2.39. The summed E-state index contributed by atoms with van der Waals surface area (Å²) in [6, 6.07) is 24.0. The maximum atomic E-state index is 14.1. The molecule has 0 saturated carbocycles. The van der Waals surface area contributed by atoms with E-state index in [-0.39, 0.29) is 17.7 Å². The van der Waals surface area contributed by atoms with Crippen LogP contribution in [0, 0.1) is 18.7 Å². The van der Waals surface area contributed by atoms with Crippen LogP contribution in [-0.4, -0.2) is 45.5 Å². The van der Waals surface area contributed by atoms with Gasteiger partial charge in [-0.05, 0) is 29.7 Å². The fourth-order valence-corrected chi connectivity index (χ4v) is 5.94. The van der Waals surface area contributed by atoms with Gasteiger partial charge in [-0.2, -0.15) is 4.98 Å². The zero-order chi connectivity index (χ0) is 25.5. The minimum atomic E-state index is -1.53. The van der Waals surface area contributed by atoms with E-state index in [4.69, 9.17) is 14.2 Å². The summed E-state index contributed by atoms with van der Waals surface area (Å²) in [6.07, 6.45) is 2.09. The molecule has 1 atom stereocenters. The van der Waals surface area contributed by atoms with Crippen LogP contribution in [0.15, 0.2) is 83.4 Å². The van der Waals surface area contributed by atoms with Crippen molar-refractivity contribution in [3.8, 4) is 5.75 Å². The summed E-state index contributed by atoms with van der Waals surface area (Å²) in [4.78, 5) is 4.74. The van der Waals surface area contributed by atoms with Crippen molar-refractivity contribution in [3.63, 3.8) is 0 Å². The van der Waals surface area contributed by atoms with Gasteiger partial charge in [-0.3, -0.25) is 0 Å². The van der Waals surface area contributed by atoms with Gasteiger partial charge < -0.3 is 18.8 Å². The molecule has 7 rings (SSSR count). The summed E-state index contributed by atoms with van der Waals surface area (Å²) in [5.41, 5.74) is 0.444. The van der Waals surface area contributed by atoms with E-state index in [1.807, 2.05) is 66.7 Å². The normalized spacial score (nSPS) is 23.2. The van der Waals surface area contributed by atoms with E-state index in [1.54, 1.807) is 13.0 Å². The van der Waals surface area contributed by atoms with E-state index >= 15 is 0 Å². The highest BCUT2D eigenvalue weighted by molar-refractivity contribution is 5.42. The van der Waals surface area contributed by atoms with Crippen molar-refractivity contribution in [2.45, 2.75) is 38.0 Å². The molecule has 0 spiro atoms. The molecule has 0 amide bonds. The van der Waals surface area contributed by atoms with Crippen molar-refractivity contribution in [3.05, 3.63) is 113 Å². The van der Waals surface area contributed by atoms with Crippen LogP contribution in [0.2, 0.25) is 0 Å². The van der Waals surface area contributed by atoms with Crippen molar-refractivity contribution in [2.24, 2.45) is 5.92 Å². The van der Waals surface area contributed by atoms with Gasteiger partial charge in [0.2, 0.25) is 5.82 Å². The molecule has 4 aromatic rings. The van der Waals surface area contributed by atoms with E-state index in [2.05, 4.69) is 5.16 Å². The van der Waals surface area contributed by atoms with Gasteiger partial charge in [-0.1, -0.05) is 71.9 Å². The summed E-state index contributed by atoms with van der Waals surface area (Å²) in [5, 5.41) is 16.3. The molecule has 3 aliphatic rings. The number of fused-ring (bicyclic) bond motifs is 3. The monoisotopic (exact) mass is 500 g/mol. The van der Waals surface area contributed by atoms with Crippen LogP contribution in [0.3, 0.4) is 0 Å². The lowest BCUT2D eigenvalue weighted by atomic mass is 9.83. The Hall–Kier alpha value is -3.55. The van der Waals surface area contributed by atoms with Crippen molar-refractivity contribution < 1.29 is 23.2 Å². The van der Waals surface area contributed by atoms with E-state index in [1.165, 1.54) is 6.07 Å². The number of halogens is 1. The number of aliphatic hydroxyl groups is 1. The molecule has 0 radical (unpaired) electrons. The molecule has 0 aliphatic carbocycles. The first-order valence-electron chi connectivity index (χ1n) is 12.9. The highest BCUT2D eigenvalue weighted by Gasteiger charge is 2.48. The van der Waals surface area contributed by atoms with Gasteiger partial charge in [0.1, 0.15) is 18.1 Å². The van der Waals surface area contributed by atoms with Crippen molar-refractivity contribution >= 4 is 0 Å². The molecule has 0 unspecified atom stereocenters. The van der Waals surface area contributed by atoms with E-state index in [9.17, 15) is 9.50 Å². The Kier molecular flexibility index (Phi) is 6.05. The number of aryl methyl sites for hydroxylation is 1. The van der Waals surface area contributed by atoms with Gasteiger partial charge in [0.15, 0.2) is 18.2 Å². The number of hydrogen-bond donors (Lipinski definition) is 1. The molecular formula is C30H31FN3O3+. The number of aromatic nitrogens is 2. The SMILES string of the molecule is Cc1ccc(O[C@H]2C[N+]3(Cc4nc(C(O)(c5ccccc5)c5ccccc5)no4)CCC2CC3)cc1F. The molecular weight excluding hydrogens is 469 g/mol. The Bertz CT molecular complexity index is 1330. The van der Waals surface area contributed by atoms with Crippen LogP contribution >= 0.6 is 0 Å². The fraction of sp³-hybridized carbons (Fsp3) is 0.333. The number of rotatable bonds is 7. The Morgan fingerprint density at radius 2 is 1.65 bits per heavy atom. The van der Waals surface area contributed by atoms with Gasteiger partial charge >= 0.3 is 0 Å². The van der Waals surface area contributed by atoms with E-state index in [0.717, 1.165) is 37.0 Å². The maximum absolute atomic E-state index is 14.1. The molecule has 3 aromatic carbocycles. The van der Waals surface area contributed by atoms with Crippen molar-refractivity contribution in [1.29, 1.82) is 0 Å². The average Bonchev–Trinajstić information content (AvgIpc) is 3.40. The summed E-state index contributed by atoms with van der Waals surface area (Å²) in [6.45, 7) is 5.14. The number of quaternary nitrogens is 1. The maximum Gasteiger partial charge on any atom is 0.282 e. The molecule has 4 heterocycles. The number of ether oxygens (including phenoxy) is 1. The second kappa shape index (κ2) is 9.39. The van der Waals surface area contributed by atoms with E-state index < -0.39 is 5.60 Å². The van der Waals surface area contributed by atoms with Crippen molar-refractivity contribution in [2.75, 3.05) is 19.6 Å². The molecule has 3 fully saturated rings. The molecule has 1 N–H and O–H groups in total. The fourth-order valence-electron chi connectivity index (χ4n) is 5.94. The molecule has 3 aliphatic heterocycles. The first-order chi connectivity index (χ1) is 18.0. The first-order valence-corrected chi connectivity index (χ1v) is 12.9. The van der Waals surface area contributed by atoms with Crippen LogP contribution in [-0.2, 0) is 12.1 Å². The Morgan fingerprint density at radius 1 is 1.00 bits per heavy atom. The minimum Gasteiger partial charge on any atom is -0.484 e. The number of piperidine rings is 3. The third kappa shape index (κ3) is 4.43. The molecule has 1 aromatic heterocycles. The summed E-state index contributed by atoms with van der Waals surface area (Å²) >= 11 is 0. The summed E-state index contributed by atoms with van der Waals surface area (Å²) in [5.74, 6) is 1.53. The highest BCUT2D eigenvalue weighted by atomic mass is 19.1. The van der Waals surface area contributed by atoms with Crippen LogP contribution in [0.5, 0.6) is 5.75 Å². The average molecular weight is 501 g/mol. The summed E-state index contributed by atoms with van der Waals surface area (Å²) in [7, 11) is 0. The van der Waals surface area contributed by atoms with Gasteiger partial charge in [0.05, 0.1) is 13.1 Å². The van der Waals surface area contributed by atoms with Crippen LogP contribution in [0.25, 0.3) is 0 Å². The number of hydrogen-bond acceptors (Lipinski definition) is 5. The Balaban J connectivity index is 1.25. The third-order valence-electron chi connectivity index (χ3n) is 8.12. The largest absolute Gasteiger partial charge is 0.484 e. The van der Waals surface area contributed by atoms with Crippen LogP contribution in [0.4, 0.5) is 4.39 Å². The number of benzene rings is 3. The molecule has 37 heavy (non-hydrogen) atoms. The topological polar surface area (TPSA) is 68.4 Å². The zero-order valence-corrected chi connectivity index (χ0v) is 20.9. The second-order valence-corrected chi connectivity index (χ2v) is 10.5. The summed E-state index contributed by atoms with van der Waals surface area (Å²) < 4.78 is 26.9. The van der Waals surface area contributed by atoms with Gasteiger partial charge in [-0.15, -0.1) is 0 Å².